The molecule has 0 spiro atoms. The number of benzene rings is 3. The van der Waals surface area contributed by atoms with E-state index in [1.807, 2.05) is 30.3 Å². The lowest BCUT2D eigenvalue weighted by Crippen LogP contribution is -2.11. The molecule has 0 unspecified atom stereocenters. The highest BCUT2D eigenvalue weighted by atomic mass is 79.9. The standard InChI is InChI=1S/C20H13BrO3S/c21-18-11-5-7-13-20(18)25(22,23)24-19-12-6-4-10-17(19)15-14-16-8-2-1-3-9-16/h1-13H. The maximum Gasteiger partial charge on any atom is 0.340 e. The van der Waals surface area contributed by atoms with E-state index in [-0.39, 0.29) is 10.6 Å². The number of hydrogen-bond donors (Lipinski definition) is 0. The van der Waals surface area contributed by atoms with Crippen molar-refractivity contribution in [1.29, 1.82) is 0 Å². The average molecular weight is 413 g/mol. The Morgan fingerprint density at radius 2 is 1.40 bits per heavy atom. The van der Waals surface area contributed by atoms with E-state index in [2.05, 4.69) is 27.8 Å². The van der Waals surface area contributed by atoms with Crippen molar-refractivity contribution in [2.75, 3.05) is 0 Å². The second kappa shape index (κ2) is 7.56. The molecule has 0 aliphatic rings. The molecule has 0 heterocycles. The Balaban J connectivity index is 1.95. The van der Waals surface area contributed by atoms with Crippen LogP contribution < -0.4 is 4.18 Å². The second-order valence-electron chi connectivity index (χ2n) is 5.08. The van der Waals surface area contributed by atoms with Crippen molar-refractivity contribution in [2.24, 2.45) is 0 Å². The topological polar surface area (TPSA) is 43.4 Å². The van der Waals surface area contributed by atoms with Crippen molar-refractivity contribution in [3.63, 3.8) is 0 Å². The lowest BCUT2D eigenvalue weighted by atomic mass is 10.1. The number of para-hydroxylation sites is 1. The molecule has 0 fully saturated rings. The lowest BCUT2D eigenvalue weighted by Gasteiger charge is -2.09. The molecule has 0 aliphatic carbocycles. The van der Waals surface area contributed by atoms with Crippen LogP contribution >= 0.6 is 15.9 Å². The monoisotopic (exact) mass is 412 g/mol. The first-order chi connectivity index (χ1) is 12.1. The summed E-state index contributed by atoms with van der Waals surface area (Å²) in [5.41, 5.74) is 1.34. The van der Waals surface area contributed by atoms with Gasteiger partial charge in [0.25, 0.3) is 0 Å². The van der Waals surface area contributed by atoms with E-state index in [1.54, 1.807) is 42.5 Å². The zero-order chi connectivity index (χ0) is 17.7. The lowest BCUT2D eigenvalue weighted by molar-refractivity contribution is 0.485. The highest BCUT2D eigenvalue weighted by molar-refractivity contribution is 9.10. The van der Waals surface area contributed by atoms with Gasteiger partial charge in [0.1, 0.15) is 4.90 Å². The number of hydrogen-bond acceptors (Lipinski definition) is 3. The molecule has 3 aromatic carbocycles. The first-order valence-corrected chi connectivity index (χ1v) is 9.61. The smallest absolute Gasteiger partial charge is 0.340 e. The quantitative estimate of drug-likeness (QED) is 0.465. The predicted octanol–water partition coefficient (Wildman–Crippen LogP) is 4.62. The summed E-state index contributed by atoms with van der Waals surface area (Å²) in [5.74, 6) is 6.17. The Morgan fingerprint density at radius 1 is 0.760 bits per heavy atom. The molecule has 3 rings (SSSR count). The van der Waals surface area contributed by atoms with Crippen LogP contribution in [0.1, 0.15) is 11.1 Å². The van der Waals surface area contributed by atoms with Crippen LogP contribution in [0.25, 0.3) is 0 Å². The van der Waals surface area contributed by atoms with E-state index in [4.69, 9.17) is 4.18 Å². The summed E-state index contributed by atoms with van der Waals surface area (Å²) in [4.78, 5) is 0.0702. The van der Waals surface area contributed by atoms with Crippen LogP contribution in [-0.4, -0.2) is 8.42 Å². The van der Waals surface area contributed by atoms with E-state index in [0.29, 0.717) is 10.0 Å². The van der Waals surface area contributed by atoms with Crippen molar-refractivity contribution in [3.05, 3.63) is 94.5 Å². The highest BCUT2D eigenvalue weighted by Crippen LogP contribution is 2.26. The van der Waals surface area contributed by atoms with Crippen LogP contribution in [-0.2, 0) is 10.1 Å². The molecule has 0 amide bonds. The van der Waals surface area contributed by atoms with Gasteiger partial charge in [-0.05, 0) is 52.3 Å². The second-order valence-corrected chi connectivity index (χ2v) is 7.45. The minimum atomic E-state index is -3.96. The van der Waals surface area contributed by atoms with E-state index in [0.717, 1.165) is 5.56 Å². The zero-order valence-corrected chi connectivity index (χ0v) is 15.4. The van der Waals surface area contributed by atoms with E-state index >= 15 is 0 Å². The van der Waals surface area contributed by atoms with Crippen LogP contribution in [0.2, 0.25) is 0 Å². The third-order valence-electron chi connectivity index (χ3n) is 3.31. The molecule has 0 bridgehead atoms. The molecule has 0 aromatic heterocycles. The van der Waals surface area contributed by atoms with Gasteiger partial charge in [0, 0.05) is 10.0 Å². The summed E-state index contributed by atoms with van der Waals surface area (Å²) in [6, 6.07) is 22.8. The summed E-state index contributed by atoms with van der Waals surface area (Å²) in [6.07, 6.45) is 0. The molecule has 0 aliphatic heterocycles. The Labute approximate surface area is 155 Å². The summed E-state index contributed by atoms with van der Waals surface area (Å²) >= 11 is 3.24. The summed E-state index contributed by atoms with van der Waals surface area (Å²) in [5, 5.41) is 0. The van der Waals surface area contributed by atoms with E-state index in [9.17, 15) is 8.42 Å². The molecule has 0 atom stereocenters. The Kier molecular flexibility index (Phi) is 5.22. The highest BCUT2D eigenvalue weighted by Gasteiger charge is 2.20. The van der Waals surface area contributed by atoms with Gasteiger partial charge >= 0.3 is 10.1 Å². The van der Waals surface area contributed by atoms with Crippen molar-refractivity contribution in [2.45, 2.75) is 4.90 Å². The van der Waals surface area contributed by atoms with Crippen molar-refractivity contribution in [1.82, 2.24) is 0 Å². The van der Waals surface area contributed by atoms with Gasteiger partial charge in [-0.3, -0.25) is 0 Å². The fourth-order valence-corrected chi connectivity index (χ4v) is 4.02. The van der Waals surface area contributed by atoms with Crippen molar-refractivity contribution in [3.8, 4) is 17.6 Å². The van der Waals surface area contributed by atoms with Gasteiger partial charge in [0.15, 0.2) is 5.75 Å². The number of halogens is 1. The molecule has 3 aromatic rings. The van der Waals surface area contributed by atoms with Crippen LogP contribution in [0.5, 0.6) is 5.75 Å². The zero-order valence-electron chi connectivity index (χ0n) is 13.0. The maximum absolute atomic E-state index is 12.5. The van der Waals surface area contributed by atoms with Gasteiger partial charge in [0.2, 0.25) is 0 Å². The van der Waals surface area contributed by atoms with Crippen molar-refractivity contribution >= 4 is 26.0 Å². The molecular formula is C20H13BrO3S. The molecule has 25 heavy (non-hydrogen) atoms. The Morgan fingerprint density at radius 3 is 2.16 bits per heavy atom. The Bertz CT molecular complexity index is 1050. The van der Waals surface area contributed by atoms with Crippen LogP contribution in [0.4, 0.5) is 0 Å². The van der Waals surface area contributed by atoms with Gasteiger partial charge in [0.05, 0.1) is 5.56 Å². The number of rotatable bonds is 3. The van der Waals surface area contributed by atoms with Gasteiger partial charge in [-0.25, -0.2) is 0 Å². The summed E-state index contributed by atoms with van der Waals surface area (Å²) in [7, 11) is -3.96. The van der Waals surface area contributed by atoms with E-state index < -0.39 is 10.1 Å². The molecule has 0 radical (unpaired) electrons. The van der Waals surface area contributed by atoms with Crippen molar-refractivity contribution < 1.29 is 12.6 Å². The third-order valence-corrected chi connectivity index (χ3v) is 5.56. The van der Waals surface area contributed by atoms with Crippen LogP contribution in [0, 0.1) is 11.8 Å². The molecule has 0 saturated heterocycles. The SMILES string of the molecule is O=S(=O)(Oc1ccccc1C#Cc1ccccc1)c1ccccc1Br. The summed E-state index contributed by atoms with van der Waals surface area (Å²) < 4.78 is 30.9. The Hall–Kier alpha value is -2.55. The minimum Gasteiger partial charge on any atom is -0.378 e. The van der Waals surface area contributed by atoms with Gasteiger partial charge in [-0.2, -0.15) is 8.42 Å². The molecule has 0 N–H and O–H groups in total. The molecular weight excluding hydrogens is 400 g/mol. The molecule has 0 saturated carbocycles. The normalized spacial score (nSPS) is 10.6. The van der Waals surface area contributed by atoms with Crippen LogP contribution in [0.15, 0.2) is 88.2 Å². The first kappa shape index (κ1) is 17.3. The van der Waals surface area contributed by atoms with Gasteiger partial charge in [-0.15, -0.1) is 0 Å². The fourth-order valence-electron chi connectivity index (χ4n) is 2.11. The summed E-state index contributed by atoms with van der Waals surface area (Å²) in [6.45, 7) is 0. The predicted molar refractivity (Wildman–Crippen MR) is 101 cm³/mol. The van der Waals surface area contributed by atoms with Crippen LogP contribution in [0.3, 0.4) is 0 Å². The minimum absolute atomic E-state index is 0.0702. The molecule has 124 valence electrons. The first-order valence-electron chi connectivity index (χ1n) is 7.41. The van der Waals surface area contributed by atoms with E-state index in [1.165, 1.54) is 6.07 Å². The fraction of sp³-hybridized carbons (Fsp3) is 0. The largest absolute Gasteiger partial charge is 0.378 e. The maximum atomic E-state index is 12.5. The average Bonchev–Trinajstić information content (AvgIpc) is 2.62. The van der Waals surface area contributed by atoms with Gasteiger partial charge in [-0.1, -0.05) is 54.3 Å². The molecule has 3 nitrogen and oxygen atoms in total. The van der Waals surface area contributed by atoms with Gasteiger partial charge < -0.3 is 4.18 Å². The molecule has 5 heteroatoms. The third kappa shape index (κ3) is 4.30.